The van der Waals surface area contributed by atoms with E-state index in [0.29, 0.717) is 0 Å². The lowest BCUT2D eigenvalue weighted by Gasteiger charge is -2.09. The molecule has 39 heavy (non-hydrogen) atoms. The Morgan fingerprint density at radius 1 is 0.487 bits per heavy atom. The van der Waals surface area contributed by atoms with E-state index in [9.17, 15) is 0 Å². The minimum atomic E-state index is 1.18. The van der Waals surface area contributed by atoms with Gasteiger partial charge in [0, 0.05) is 20.5 Å². The van der Waals surface area contributed by atoms with Gasteiger partial charge in [-0.1, -0.05) is 62.1 Å². The number of hydrogen-bond donors (Lipinski definition) is 0. The van der Waals surface area contributed by atoms with Gasteiger partial charge in [0.1, 0.15) is 0 Å². The molecule has 0 N–H and O–H groups in total. The summed E-state index contributed by atoms with van der Waals surface area (Å²) in [6.45, 7) is 18.4. The summed E-state index contributed by atoms with van der Waals surface area (Å²) < 4.78 is 0. The molecule has 4 aliphatic rings. The highest BCUT2D eigenvalue weighted by molar-refractivity contribution is 7.14. The molecule has 1 heterocycles. The van der Waals surface area contributed by atoms with Crippen molar-refractivity contribution in [1.82, 2.24) is 0 Å². The van der Waals surface area contributed by atoms with Gasteiger partial charge in [-0.25, -0.2) is 0 Å². The Hall–Kier alpha value is -2.90. The molecule has 2 aromatic rings. The molecule has 0 saturated heterocycles. The zero-order valence-electron chi connectivity index (χ0n) is 25.1. The SMILES string of the molecule is CCCCc1sc(CCCC)c2c3cc4c(C)cc(C)cc(C)c-4c3c3c4c(C)cc(C)cc(C)c-4cc3c12. The number of thiophene rings is 1. The summed E-state index contributed by atoms with van der Waals surface area (Å²) in [5.74, 6) is 0. The fourth-order valence-electron chi connectivity index (χ4n) is 7.35. The van der Waals surface area contributed by atoms with E-state index in [4.69, 9.17) is 0 Å². The van der Waals surface area contributed by atoms with E-state index in [1.807, 2.05) is 0 Å². The van der Waals surface area contributed by atoms with Crippen molar-refractivity contribution < 1.29 is 0 Å². The van der Waals surface area contributed by atoms with E-state index in [-0.39, 0.29) is 0 Å². The third kappa shape index (κ3) is 4.08. The Kier molecular flexibility index (Phi) is 6.71. The van der Waals surface area contributed by atoms with Crippen LogP contribution in [0.4, 0.5) is 0 Å². The zero-order chi connectivity index (χ0) is 27.6. The molecule has 4 aliphatic carbocycles. The summed E-state index contributed by atoms with van der Waals surface area (Å²) in [4.78, 5) is 3.22. The molecule has 1 aromatic carbocycles. The first-order valence-electron chi connectivity index (χ1n) is 15.0. The second-order valence-electron chi connectivity index (χ2n) is 12.1. The molecular formula is C38H42S. The van der Waals surface area contributed by atoms with Crippen LogP contribution in [0, 0.1) is 41.5 Å². The van der Waals surface area contributed by atoms with Gasteiger partial charge in [0.2, 0.25) is 0 Å². The predicted octanol–water partition coefficient (Wildman–Crippen LogP) is 12.0. The lowest BCUT2D eigenvalue weighted by molar-refractivity contribution is 0.805. The average Bonchev–Trinajstić information content (AvgIpc) is 3.53. The van der Waals surface area contributed by atoms with Crippen molar-refractivity contribution >= 4 is 43.7 Å². The third-order valence-electron chi connectivity index (χ3n) is 8.93. The van der Waals surface area contributed by atoms with E-state index in [1.54, 1.807) is 20.5 Å². The number of aryl methyl sites for hydroxylation is 8. The van der Waals surface area contributed by atoms with Gasteiger partial charge in [0.05, 0.1) is 0 Å². The highest BCUT2D eigenvalue weighted by Gasteiger charge is 2.28. The van der Waals surface area contributed by atoms with Crippen molar-refractivity contribution in [3.8, 4) is 22.3 Å². The molecule has 0 unspecified atom stereocenters. The van der Waals surface area contributed by atoms with Gasteiger partial charge in [0.15, 0.2) is 0 Å². The fourth-order valence-corrected chi connectivity index (χ4v) is 8.76. The van der Waals surface area contributed by atoms with Crippen molar-refractivity contribution in [2.24, 2.45) is 0 Å². The molecule has 0 fully saturated rings. The van der Waals surface area contributed by atoms with Crippen LogP contribution in [0.15, 0.2) is 36.4 Å². The van der Waals surface area contributed by atoms with Gasteiger partial charge in [-0.2, -0.15) is 0 Å². The minimum absolute atomic E-state index is 1.18. The van der Waals surface area contributed by atoms with Crippen LogP contribution in [-0.4, -0.2) is 0 Å². The van der Waals surface area contributed by atoms with Crippen LogP contribution in [0.5, 0.6) is 0 Å². The number of hydrogen-bond acceptors (Lipinski definition) is 1. The molecule has 0 amide bonds. The van der Waals surface area contributed by atoms with Crippen molar-refractivity contribution in [3.63, 3.8) is 0 Å². The Bertz CT molecular complexity index is 1690. The Labute approximate surface area is 238 Å². The maximum absolute atomic E-state index is 2.56. The first-order chi connectivity index (χ1) is 18.7. The summed E-state index contributed by atoms with van der Waals surface area (Å²) in [7, 11) is 0. The van der Waals surface area contributed by atoms with E-state index < -0.39 is 0 Å². The zero-order valence-corrected chi connectivity index (χ0v) is 25.9. The predicted molar refractivity (Wildman–Crippen MR) is 176 cm³/mol. The summed E-state index contributed by atoms with van der Waals surface area (Å²) in [5.41, 5.74) is 14.0. The summed E-state index contributed by atoms with van der Waals surface area (Å²) >= 11 is 2.12. The van der Waals surface area contributed by atoms with Crippen molar-refractivity contribution in [2.45, 2.75) is 93.9 Å². The largest absolute Gasteiger partial charge is 0.144 e. The van der Waals surface area contributed by atoms with Crippen molar-refractivity contribution in [1.29, 1.82) is 0 Å². The average molecular weight is 531 g/mol. The van der Waals surface area contributed by atoms with E-state index in [0.717, 1.165) is 0 Å². The normalized spacial score (nSPS) is 12.2. The Morgan fingerprint density at radius 2 is 0.872 bits per heavy atom. The maximum atomic E-state index is 2.56. The fraction of sp³-hybridized carbons (Fsp3) is 0.368. The van der Waals surface area contributed by atoms with Gasteiger partial charge in [-0.3, -0.25) is 0 Å². The Balaban J connectivity index is 1.95. The molecule has 0 radical (unpaired) electrons. The summed E-state index contributed by atoms with van der Waals surface area (Å²) in [5, 5.41) is 9.07. The molecule has 0 spiro atoms. The van der Waals surface area contributed by atoms with Gasteiger partial charge < -0.3 is 0 Å². The quantitative estimate of drug-likeness (QED) is 0.201. The lowest BCUT2D eigenvalue weighted by atomic mass is 9.93. The van der Waals surface area contributed by atoms with Gasteiger partial charge >= 0.3 is 0 Å². The number of rotatable bonds is 6. The number of unbranched alkanes of at least 4 members (excludes halogenated alkanes) is 2. The molecule has 0 saturated carbocycles. The molecule has 0 nitrogen and oxygen atoms in total. The van der Waals surface area contributed by atoms with Crippen LogP contribution in [-0.2, 0) is 12.8 Å². The highest BCUT2D eigenvalue weighted by atomic mass is 32.1. The first kappa shape index (κ1) is 26.3. The second kappa shape index (κ2) is 9.93. The third-order valence-corrected chi connectivity index (χ3v) is 10.2. The minimum Gasteiger partial charge on any atom is -0.144 e. The molecule has 0 aliphatic heterocycles. The van der Waals surface area contributed by atoms with Crippen LogP contribution in [0.2, 0.25) is 0 Å². The van der Waals surface area contributed by atoms with Crippen LogP contribution in [0.1, 0.15) is 82.7 Å². The molecule has 200 valence electrons. The Morgan fingerprint density at radius 3 is 1.26 bits per heavy atom. The van der Waals surface area contributed by atoms with Crippen molar-refractivity contribution in [2.75, 3.05) is 0 Å². The molecular weight excluding hydrogens is 488 g/mol. The highest BCUT2D eigenvalue weighted by Crippen LogP contribution is 2.54. The molecule has 6 rings (SSSR count). The monoisotopic (exact) mass is 530 g/mol. The van der Waals surface area contributed by atoms with Gasteiger partial charge in [-0.05, 0) is 145 Å². The first-order valence-corrected chi connectivity index (χ1v) is 15.8. The summed E-state index contributed by atoms with van der Waals surface area (Å²) in [6.07, 6.45) is 7.35. The van der Waals surface area contributed by atoms with E-state index in [2.05, 4.69) is 103 Å². The molecule has 0 atom stereocenters. The topological polar surface area (TPSA) is 0 Å². The van der Waals surface area contributed by atoms with Crippen LogP contribution < -0.4 is 0 Å². The number of fused-ring (bicyclic) bond motifs is 10. The van der Waals surface area contributed by atoms with Gasteiger partial charge in [0.25, 0.3) is 0 Å². The molecule has 1 aromatic heterocycles. The second-order valence-corrected chi connectivity index (χ2v) is 13.3. The number of benzene rings is 1. The van der Waals surface area contributed by atoms with Crippen LogP contribution >= 0.6 is 11.3 Å². The lowest BCUT2D eigenvalue weighted by Crippen LogP contribution is -1.85. The van der Waals surface area contributed by atoms with Crippen molar-refractivity contribution in [3.05, 3.63) is 79.5 Å². The van der Waals surface area contributed by atoms with Gasteiger partial charge in [-0.15, -0.1) is 11.3 Å². The molecule has 0 bridgehead atoms. The van der Waals surface area contributed by atoms with E-state index in [1.165, 1.54) is 116 Å². The molecule has 1 heteroatoms. The smallest absolute Gasteiger partial charge is 0.0133 e. The maximum Gasteiger partial charge on any atom is 0.0133 e. The van der Waals surface area contributed by atoms with E-state index >= 15 is 0 Å². The van der Waals surface area contributed by atoms with Crippen LogP contribution in [0.25, 0.3) is 54.6 Å². The van der Waals surface area contributed by atoms with Crippen LogP contribution in [0.3, 0.4) is 0 Å². The summed E-state index contributed by atoms with van der Waals surface area (Å²) in [6, 6.07) is 14.7. The standard InChI is InChI=1S/C38H42S/c1-9-11-13-31-35-29-19-27-23(5)15-21(3)17-25(7)33(27)37(29)38-30(36(35)32(39-31)14-12-10-2)20-28-24(6)16-22(4)18-26(8)34(28)38/h15-20H,9-14H2,1-8H3.